The molecule has 0 aliphatic heterocycles. The highest BCUT2D eigenvalue weighted by Gasteiger charge is 2.19. The first kappa shape index (κ1) is 14.5. The van der Waals surface area contributed by atoms with Gasteiger partial charge < -0.3 is 10.1 Å². The van der Waals surface area contributed by atoms with Crippen molar-refractivity contribution in [1.29, 1.82) is 0 Å². The molecule has 0 amide bonds. The summed E-state index contributed by atoms with van der Waals surface area (Å²) in [5.41, 5.74) is 0. The van der Waals surface area contributed by atoms with Crippen LogP contribution in [0.15, 0.2) is 12.7 Å². The number of esters is 1. The summed E-state index contributed by atoms with van der Waals surface area (Å²) in [4.78, 5) is 11.2. The zero-order chi connectivity index (χ0) is 11.7. The normalized spacial score (nSPS) is 14.3. The Morgan fingerprint density at radius 3 is 2.80 bits per heavy atom. The molecule has 2 atom stereocenters. The molecule has 0 rings (SSSR count). The van der Waals surface area contributed by atoms with Gasteiger partial charge in [0.2, 0.25) is 0 Å². The van der Waals surface area contributed by atoms with E-state index in [4.69, 9.17) is 0 Å². The van der Waals surface area contributed by atoms with E-state index in [1.807, 2.05) is 31.7 Å². The quantitative estimate of drug-likeness (QED) is 0.392. The minimum atomic E-state index is -0.159. The average Bonchev–Trinajstić information content (AvgIpc) is 2.26. The fourth-order valence-electron chi connectivity index (χ4n) is 1.09. The number of carbonyl (C=O) groups is 1. The Morgan fingerprint density at radius 2 is 2.27 bits per heavy atom. The molecule has 0 fully saturated rings. The Hall–Kier alpha value is -0.480. The van der Waals surface area contributed by atoms with E-state index < -0.39 is 0 Å². The van der Waals surface area contributed by atoms with Crippen molar-refractivity contribution in [1.82, 2.24) is 5.32 Å². The first-order valence-electron chi connectivity index (χ1n) is 5.13. The number of hydrogen-bond donors (Lipinski definition) is 1. The molecule has 0 bridgehead atoms. The molecule has 4 heteroatoms. The van der Waals surface area contributed by atoms with Crippen molar-refractivity contribution in [3.05, 3.63) is 12.7 Å². The third-order valence-corrected chi connectivity index (χ3v) is 3.24. The minimum Gasteiger partial charge on any atom is -0.469 e. The van der Waals surface area contributed by atoms with Crippen LogP contribution < -0.4 is 5.32 Å². The van der Waals surface area contributed by atoms with E-state index in [0.29, 0.717) is 0 Å². The number of hydrogen-bond acceptors (Lipinski definition) is 4. The van der Waals surface area contributed by atoms with Crippen LogP contribution in [0.25, 0.3) is 0 Å². The molecule has 15 heavy (non-hydrogen) atoms. The van der Waals surface area contributed by atoms with Crippen molar-refractivity contribution >= 4 is 17.7 Å². The van der Waals surface area contributed by atoms with Crippen LogP contribution in [0.4, 0.5) is 0 Å². The lowest BCUT2D eigenvalue weighted by molar-refractivity contribution is -0.145. The maximum Gasteiger partial charge on any atom is 0.309 e. The van der Waals surface area contributed by atoms with Crippen LogP contribution in [0, 0.1) is 5.92 Å². The third kappa shape index (κ3) is 6.57. The summed E-state index contributed by atoms with van der Waals surface area (Å²) in [6, 6.07) is 0.154. The van der Waals surface area contributed by atoms with Crippen LogP contribution in [0.1, 0.15) is 13.8 Å². The fraction of sp³-hybridized carbons (Fsp3) is 0.727. The second-order valence-corrected chi connectivity index (χ2v) is 4.57. The van der Waals surface area contributed by atoms with E-state index in [9.17, 15) is 4.79 Å². The van der Waals surface area contributed by atoms with E-state index in [1.165, 1.54) is 7.11 Å². The van der Waals surface area contributed by atoms with Crippen LogP contribution >= 0.6 is 11.8 Å². The van der Waals surface area contributed by atoms with Crippen molar-refractivity contribution in [3.8, 4) is 0 Å². The molecule has 0 aliphatic rings. The van der Waals surface area contributed by atoms with Gasteiger partial charge in [-0.05, 0) is 6.92 Å². The fourth-order valence-corrected chi connectivity index (χ4v) is 1.69. The Kier molecular flexibility index (Phi) is 8.52. The molecule has 0 saturated heterocycles. The molecule has 0 aromatic rings. The van der Waals surface area contributed by atoms with Crippen molar-refractivity contribution < 1.29 is 9.53 Å². The van der Waals surface area contributed by atoms with Gasteiger partial charge in [0.05, 0.1) is 13.0 Å². The first-order valence-corrected chi connectivity index (χ1v) is 6.28. The molecule has 0 heterocycles. The average molecular weight is 231 g/mol. The summed E-state index contributed by atoms with van der Waals surface area (Å²) in [6.07, 6.45) is 1.89. The third-order valence-electron chi connectivity index (χ3n) is 2.27. The van der Waals surface area contributed by atoms with Gasteiger partial charge in [0, 0.05) is 24.1 Å². The SMILES string of the molecule is C=CCSCCNC(C)C(C)C(=O)OC. The predicted octanol–water partition coefficient (Wildman–Crippen LogP) is 1.69. The number of thioether (sulfide) groups is 1. The van der Waals surface area contributed by atoms with Gasteiger partial charge in [-0.1, -0.05) is 13.0 Å². The largest absolute Gasteiger partial charge is 0.469 e. The van der Waals surface area contributed by atoms with Gasteiger partial charge in [0.1, 0.15) is 0 Å². The molecule has 0 saturated carbocycles. The maximum absolute atomic E-state index is 11.2. The molecule has 3 nitrogen and oxygen atoms in total. The summed E-state index contributed by atoms with van der Waals surface area (Å²) in [5.74, 6) is 1.75. The molecular weight excluding hydrogens is 210 g/mol. The molecule has 0 radical (unpaired) electrons. The molecule has 1 N–H and O–H groups in total. The lowest BCUT2D eigenvalue weighted by Crippen LogP contribution is -2.37. The van der Waals surface area contributed by atoms with E-state index in [1.54, 1.807) is 0 Å². The van der Waals surface area contributed by atoms with Gasteiger partial charge in [-0.15, -0.1) is 6.58 Å². The summed E-state index contributed by atoms with van der Waals surface area (Å²) >= 11 is 1.82. The lowest BCUT2D eigenvalue weighted by Gasteiger charge is -2.18. The standard InChI is InChI=1S/C11H21NO2S/c1-5-7-15-8-6-12-10(3)9(2)11(13)14-4/h5,9-10,12H,1,6-8H2,2-4H3. The maximum atomic E-state index is 11.2. The second-order valence-electron chi connectivity index (χ2n) is 3.42. The zero-order valence-electron chi connectivity index (χ0n) is 9.79. The van der Waals surface area contributed by atoms with Crippen molar-refractivity contribution in [3.63, 3.8) is 0 Å². The van der Waals surface area contributed by atoms with Crippen LogP contribution in [0.5, 0.6) is 0 Å². The molecule has 0 aromatic carbocycles. The topological polar surface area (TPSA) is 38.3 Å². The van der Waals surface area contributed by atoms with E-state index in [2.05, 4.69) is 16.6 Å². The highest BCUT2D eigenvalue weighted by molar-refractivity contribution is 7.99. The zero-order valence-corrected chi connectivity index (χ0v) is 10.6. The summed E-state index contributed by atoms with van der Waals surface area (Å²) < 4.78 is 4.68. The molecule has 0 aromatic heterocycles. The van der Waals surface area contributed by atoms with Gasteiger partial charge in [0.15, 0.2) is 0 Å². The number of carbonyl (C=O) groups excluding carboxylic acids is 1. The van der Waals surface area contributed by atoms with Crippen molar-refractivity contribution in [2.24, 2.45) is 5.92 Å². The Balaban J connectivity index is 3.59. The minimum absolute atomic E-state index is 0.0978. The summed E-state index contributed by atoms with van der Waals surface area (Å²) in [7, 11) is 1.42. The van der Waals surface area contributed by atoms with E-state index in [0.717, 1.165) is 18.1 Å². The van der Waals surface area contributed by atoms with Crippen molar-refractivity contribution in [2.75, 3.05) is 25.2 Å². The molecule has 88 valence electrons. The molecule has 2 unspecified atom stereocenters. The summed E-state index contributed by atoms with van der Waals surface area (Å²) in [6.45, 7) is 8.43. The number of ether oxygens (including phenoxy) is 1. The summed E-state index contributed by atoms with van der Waals surface area (Å²) in [5, 5.41) is 3.30. The lowest BCUT2D eigenvalue weighted by atomic mass is 10.0. The van der Waals surface area contributed by atoms with Gasteiger partial charge in [-0.2, -0.15) is 11.8 Å². The molecular formula is C11H21NO2S. The van der Waals surface area contributed by atoms with Gasteiger partial charge >= 0.3 is 5.97 Å². The number of methoxy groups -OCH3 is 1. The van der Waals surface area contributed by atoms with Crippen LogP contribution in [-0.2, 0) is 9.53 Å². The Bertz CT molecular complexity index is 197. The molecule has 0 spiro atoms. The van der Waals surface area contributed by atoms with E-state index >= 15 is 0 Å². The van der Waals surface area contributed by atoms with Crippen LogP contribution in [0.3, 0.4) is 0 Å². The Morgan fingerprint density at radius 1 is 1.60 bits per heavy atom. The smallest absolute Gasteiger partial charge is 0.309 e. The predicted molar refractivity (Wildman–Crippen MR) is 66.2 cm³/mol. The van der Waals surface area contributed by atoms with Crippen molar-refractivity contribution in [2.45, 2.75) is 19.9 Å². The van der Waals surface area contributed by atoms with Gasteiger partial charge in [-0.3, -0.25) is 4.79 Å². The van der Waals surface area contributed by atoms with Crippen LogP contribution in [-0.4, -0.2) is 37.2 Å². The number of rotatable bonds is 8. The highest BCUT2D eigenvalue weighted by Crippen LogP contribution is 2.05. The highest BCUT2D eigenvalue weighted by atomic mass is 32.2. The molecule has 0 aliphatic carbocycles. The van der Waals surface area contributed by atoms with Crippen LogP contribution in [0.2, 0.25) is 0 Å². The monoisotopic (exact) mass is 231 g/mol. The first-order chi connectivity index (χ1) is 7.13. The van der Waals surface area contributed by atoms with Gasteiger partial charge in [0.25, 0.3) is 0 Å². The Labute approximate surface area is 96.6 Å². The second kappa shape index (κ2) is 8.80. The number of nitrogens with one attached hydrogen (secondary N) is 1. The van der Waals surface area contributed by atoms with Gasteiger partial charge in [-0.25, -0.2) is 0 Å². The van der Waals surface area contributed by atoms with E-state index in [-0.39, 0.29) is 17.9 Å².